The number of hydrogen-bond acceptors (Lipinski definition) is 6. The second kappa shape index (κ2) is 6.25. The first kappa shape index (κ1) is 18.5. The van der Waals surface area contributed by atoms with Crippen molar-refractivity contribution in [1.29, 1.82) is 0 Å². The van der Waals surface area contributed by atoms with Crippen LogP contribution in [0.5, 0.6) is 5.75 Å². The first-order valence-electron chi connectivity index (χ1n) is 7.60. The Balaban J connectivity index is 2.19. The number of carbonyl (C=O) groups excluding carboxylic acids is 1. The van der Waals surface area contributed by atoms with Gasteiger partial charge in [0.2, 0.25) is 10.0 Å². The highest BCUT2D eigenvalue weighted by atomic mass is 32.2. The van der Waals surface area contributed by atoms with Gasteiger partial charge in [0, 0.05) is 12.0 Å². The molecule has 0 saturated heterocycles. The Hall–Kier alpha value is -1.80. The first-order valence-corrected chi connectivity index (χ1v) is 9.25. The van der Waals surface area contributed by atoms with Gasteiger partial charge in [0.05, 0.1) is 6.61 Å². The molecule has 24 heavy (non-hydrogen) atoms. The van der Waals surface area contributed by atoms with Gasteiger partial charge >= 0.3 is 6.09 Å². The summed E-state index contributed by atoms with van der Waals surface area (Å²) in [4.78, 5) is 11.7. The minimum atomic E-state index is -4.09. The monoisotopic (exact) mass is 357 g/mol. The first-order chi connectivity index (χ1) is 10.9. The lowest BCUT2D eigenvalue weighted by Crippen LogP contribution is -2.45. The Morgan fingerprint density at radius 3 is 2.71 bits per heavy atom. The molecule has 1 amide bonds. The molecule has 1 aliphatic heterocycles. The molecular weight excluding hydrogens is 334 g/mol. The van der Waals surface area contributed by atoms with Crippen LogP contribution < -0.4 is 9.46 Å². The van der Waals surface area contributed by atoms with Crippen LogP contribution in [0.15, 0.2) is 18.2 Å². The molecule has 7 nitrogen and oxygen atoms in total. The molecule has 1 atom stereocenters. The smallest absolute Gasteiger partial charge is 0.421 e. The SMILES string of the molecule is Cc1ccc2c(c1)OCCC2(O)CS(=O)(=O)NC(=O)OC(C)(C)C. The predicted octanol–water partition coefficient (Wildman–Crippen LogP) is 1.82. The molecule has 0 saturated carbocycles. The van der Waals surface area contributed by atoms with Gasteiger partial charge in [-0.25, -0.2) is 17.9 Å². The van der Waals surface area contributed by atoms with Gasteiger partial charge in [0.1, 0.15) is 22.7 Å². The molecule has 8 heteroatoms. The molecule has 0 radical (unpaired) electrons. The van der Waals surface area contributed by atoms with E-state index in [1.54, 1.807) is 39.0 Å². The number of hydrogen-bond donors (Lipinski definition) is 2. The number of carbonyl (C=O) groups is 1. The lowest BCUT2D eigenvalue weighted by molar-refractivity contribution is 0.0175. The van der Waals surface area contributed by atoms with Gasteiger partial charge in [0.25, 0.3) is 0 Å². The molecule has 134 valence electrons. The molecule has 1 unspecified atom stereocenters. The highest BCUT2D eigenvalue weighted by molar-refractivity contribution is 7.90. The van der Waals surface area contributed by atoms with Crippen LogP contribution in [-0.2, 0) is 20.4 Å². The molecule has 1 aromatic carbocycles. The Bertz CT molecular complexity index is 737. The van der Waals surface area contributed by atoms with Crippen molar-refractivity contribution in [2.75, 3.05) is 12.4 Å². The zero-order chi connectivity index (χ0) is 18.2. The van der Waals surface area contributed by atoms with Crippen LogP contribution in [-0.4, -0.2) is 37.6 Å². The summed E-state index contributed by atoms with van der Waals surface area (Å²) < 4.78 is 36.8. The number of sulfonamides is 1. The maximum atomic E-state index is 12.3. The molecule has 0 fully saturated rings. The molecule has 1 aliphatic rings. The molecule has 0 aromatic heterocycles. The van der Waals surface area contributed by atoms with Gasteiger partial charge in [0.15, 0.2) is 0 Å². The normalized spacial score (nSPS) is 20.7. The molecule has 0 bridgehead atoms. The third kappa shape index (κ3) is 4.61. The van der Waals surface area contributed by atoms with Crippen molar-refractivity contribution in [3.05, 3.63) is 29.3 Å². The summed E-state index contributed by atoms with van der Waals surface area (Å²) >= 11 is 0. The Morgan fingerprint density at radius 2 is 2.08 bits per heavy atom. The van der Waals surface area contributed by atoms with Crippen LogP contribution in [0.25, 0.3) is 0 Å². The van der Waals surface area contributed by atoms with Gasteiger partial charge < -0.3 is 14.6 Å². The Kier molecular flexibility index (Phi) is 4.83. The largest absolute Gasteiger partial charge is 0.493 e. The third-order valence-corrected chi connectivity index (χ3v) is 4.81. The number of rotatable bonds is 3. The zero-order valence-electron chi connectivity index (χ0n) is 14.3. The number of aliphatic hydroxyl groups is 1. The van der Waals surface area contributed by atoms with Crippen molar-refractivity contribution >= 4 is 16.1 Å². The standard InChI is InChI=1S/C16H23NO6S/c1-11-5-6-12-13(9-11)22-8-7-16(12,19)10-24(20,21)17-14(18)23-15(2,3)4/h5-6,9,19H,7-8,10H2,1-4H3,(H,17,18). The van der Waals surface area contributed by atoms with Crippen LogP contribution in [0.4, 0.5) is 4.79 Å². The highest BCUT2D eigenvalue weighted by Gasteiger charge is 2.40. The van der Waals surface area contributed by atoms with Crippen molar-refractivity contribution in [1.82, 2.24) is 4.72 Å². The molecule has 0 spiro atoms. The van der Waals surface area contributed by atoms with Crippen molar-refractivity contribution in [3.8, 4) is 5.75 Å². The van der Waals surface area contributed by atoms with E-state index >= 15 is 0 Å². The topological polar surface area (TPSA) is 102 Å². The average molecular weight is 357 g/mol. The average Bonchev–Trinajstić information content (AvgIpc) is 2.33. The van der Waals surface area contributed by atoms with Crippen LogP contribution in [0, 0.1) is 6.92 Å². The van der Waals surface area contributed by atoms with E-state index in [0.717, 1.165) is 5.56 Å². The lowest BCUT2D eigenvalue weighted by atomic mass is 9.89. The Labute approximate surface area is 142 Å². The number of fused-ring (bicyclic) bond motifs is 1. The minimum absolute atomic E-state index is 0.109. The second-order valence-corrected chi connectivity index (χ2v) is 8.71. The van der Waals surface area contributed by atoms with E-state index in [4.69, 9.17) is 9.47 Å². The summed E-state index contributed by atoms with van der Waals surface area (Å²) in [7, 11) is -4.09. The summed E-state index contributed by atoms with van der Waals surface area (Å²) in [6.07, 6.45) is -0.958. The number of ether oxygens (including phenoxy) is 2. The molecule has 1 heterocycles. The van der Waals surface area contributed by atoms with Crippen molar-refractivity contribution in [2.24, 2.45) is 0 Å². The molecule has 1 aromatic rings. The molecule has 0 aliphatic carbocycles. The van der Waals surface area contributed by atoms with Gasteiger partial charge in [-0.3, -0.25) is 0 Å². The van der Waals surface area contributed by atoms with E-state index in [0.29, 0.717) is 11.3 Å². The fourth-order valence-electron chi connectivity index (χ4n) is 2.52. The van der Waals surface area contributed by atoms with Crippen molar-refractivity contribution in [2.45, 2.75) is 45.3 Å². The fraction of sp³-hybridized carbons (Fsp3) is 0.562. The zero-order valence-corrected chi connectivity index (χ0v) is 15.1. The van der Waals surface area contributed by atoms with Gasteiger partial charge in [-0.2, -0.15) is 0 Å². The summed E-state index contributed by atoms with van der Waals surface area (Å²) in [5.41, 5.74) is -1.12. The number of benzene rings is 1. The van der Waals surface area contributed by atoms with Crippen LogP contribution in [0.3, 0.4) is 0 Å². The fourth-order valence-corrected chi connectivity index (χ4v) is 3.82. The molecular formula is C16H23NO6S. The Morgan fingerprint density at radius 1 is 1.42 bits per heavy atom. The predicted molar refractivity (Wildman–Crippen MR) is 88.3 cm³/mol. The molecule has 2 N–H and O–H groups in total. The highest BCUT2D eigenvalue weighted by Crippen LogP contribution is 2.38. The van der Waals surface area contributed by atoms with E-state index in [1.165, 1.54) is 0 Å². The lowest BCUT2D eigenvalue weighted by Gasteiger charge is -2.34. The summed E-state index contributed by atoms with van der Waals surface area (Å²) in [5.74, 6) is -0.199. The van der Waals surface area contributed by atoms with E-state index in [9.17, 15) is 18.3 Å². The summed E-state index contributed by atoms with van der Waals surface area (Å²) in [5, 5.41) is 10.8. The van der Waals surface area contributed by atoms with Crippen molar-refractivity contribution < 1.29 is 27.8 Å². The van der Waals surface area contributed by atoms with Gasteiger partial charge in [-0.05, 0) is 39.3 Å². The van der Waals surface area contributed by atoms with Crippen molar-refractivity contribution in [3.63, 3.8) is 0 Å². The van der Waals surface area contributed by atoms with E-state index < -0.39 is 33.1 Å². The number of nitrogens with one attached hydrogen (secondary N) is 1. The quantitative estimate of drug-likeness (QED) is 0.855. The van der Waals surface area contributed by atoms with E-state index in [-0.39, 0.29) is 13.0 Å². The van der Waals surface area contributed by atoms with Crippen LogP contribution in [0.1, 0.15) is 38.3 Å². The van der Waals surface area contributed by atoms with Gasteiger partial charge in [-0.15, -0.1) is 0 Å². The van der Waals surface area contributed by atoms with Crippen LogP contribution >= 0.6 is 0 Å². The van der Waals surface area contributed by atoms with Crippen LogP contribution in [0.2, 0.25) is 0 Å². The maximum absolute atomic E-state index is 12.3. The van der Waals surface area contributed by atoms with E-state index in [1.807, 2.05) is 11.6 Å². The number of amides is 1. The maximum Gasteiger partial charge on any atom is 0.421 e. The minimum Gasteiger partial charge on any atom is -0.493 e. The van der Waals surface area contributed by atoms with E-state index in [2.05, 4.69) is 0 Å². The second-order valence-electron chi connectivity index (χ2n) is 6.99. The van der Waals surface area contributed by atoms with Gasteiger partial charge in [-0.1, -0.05) is 12.1 Å². The number of aryl methyl sites for hydroxylation is 1. The molecule has 2 rings (SSSR count). The third-order valence-electron chi connectivity index (χ3n) is 3.48. The summed E-state index contributed by atoms with van der Waals surface area (Å²) in [6, 6.07) is 5.16. The summed E-state index contributed by atoms with van der Waals surface area (Å²) in [6.45, 7) is 6.95.